The van der Waals surface area contributed by atoms with Crippen LogP contribution in [0.25, 0.3) is 0 Å². The molecule has 2 unspecified atom stereocenters. The summed E-state index contributed by atoms with van der Waals surface area (Å²) in [5.74, 6) is -2.28. The van der Waals surface area contributed by atoms with Crippen LogP contribution in [0.1, 0.15) is 75.9 Å². The molecule has 16 heteroatoms. The molecule has 2 aliphatic heterocycles. The van der Waals surface area contributed by atoms with Gasteiger partial charge in [-0.1, -0.05) is 6.07 Å². The van der Waals surface area contributed by atoms with Crippen molar-refractivity contribution in [2.75, 3.05) is 50.1 Å². The minimum absolute atomic E-state index is 0.0324. The lowest BCUT2D eigenvalue weighted by Crippen LogP contribution is -2.55. The molecular formula is C38H48N6O10. The highest BCUT2D eigenvalue weighted by atomic mass is 16.6. The van der Waals surface area contributed by atoms with E-state index in [9.17, 15) is 39.1 Å². The lowest BCUT2D eigenvalue weighted by atomic mass is 10.1. The Labute approximate surface area is 314 Å². The molecule has 0 radical (unpaired) electrons. The molecule has 2 heterocycles. The molecule has 2 N–H and O–H groups in total. The molecule has 54 heavy (non-hydrogen) atoms. The zero-order chi connectivity index (χ0) is 40.0. The van der Waals surface area contributed by atoms with Crippen LogP contribution in [-0.4, -0.2) is 119 Å². The van der Waals surface area contributed by atoms with Gasteiger partial charge in [0, 0.05) is 43.6 Å². The average molecular weight is 749 g/mol. The highest BCUT2D eigenvalue weighted by molar-refractivity contribution is 6.05. The first-order chi connectivity index (χ1) is 25.3. The van der Waals surface area contributed by atoms with Gasteiger partial charge in [0.05, 0.1) is 31.3 Å². The number of imide groups is 1. The normalized spacial score (nSPS) is 16.6. The van der Waals surface area contributed by atoms with E-state index in [1.165, 1.54) is 41.1 Å². The number of hydrogen-bond acceptors (Lipinski definition) is 11. The number of likely N-dealkylation sites (tertiary alicyclic amines) is 1. The summed E-state index contributed by atoms with van der Waals surface area (Å²) in [5.41, 5.74) is -1.02. The third kappa shape index (κ3) is 10.8. The maximum Gasteiger partial charge on any atom is 0.420 e. The van der Waals surface area contributed by atoms with Gasteiger partial charge in [-0.15, -0.1) is 0 Å². The third-order valence-corrected chi connectivity index (χ3v) is 8.31. The second kappa shape index (κ2) is 17.1. The van der Waals surface area contributed by atoms with Crippen LogP contribution in [0.2, 0.25) is 0 Å². The van der Waals surface area contributed by atoms with Gasteiger partial charge in [-0.05, 0) is 96.3 Å². The molecule has 16 nitrogen and oxygen atoms in total. The molecular weight excluding hydrogens is 700 g/mol. The van der Waals surface area contributed by atoms with Crippen LogP contribution >= 0.6 is 0 Å². The fourth-order valence-corrected chi connectivity index (χ4v) is 5.73. The van der Waals surface area contributed by atoms with E-state index in [2.05, 4.69) is 5.32 Å². The van der Waals surface area contributed by atoms with Gasteiger partial charge >= 0.3 is 12.2 Å². The smallest absolute Gasteiger partial charge is 0.420 e. The fourth-order valence-electron chi connectivity index (χ4n) is 5.73. The molecule has 2 aliphatic rings. The van der Waals surface area contributed by atoms with Crippen molar-refractivity contribution >= 4 is 47.2 Å². The van der Waals surface area contributed by atoms with Crippen LogP contribution in [0.3, 0.4) is 0 Å². The SMILES string of the molecule is CN(CC(=O)N1CCCC1)C(=O)c1cccc(N2CCOC(C(O)C(=O)Nc3ccc(C#N)c(CN(C(=O)OC(C)(C)C)C(=O)OC(C)(C)C)c3)C2=O)c1. The molecule has 0 saturated carbocycles. The topological polar surface area (TPSA) is 199 Å². The monoisotopic (exact) mass is 748 g/mol. The summed E-state index contributed by atoms with van der Waals surface area (Å²) >= 11 is 0. The second-order valence-corrected chi connectivity index (χ2v) is 15.0. The number of nitrogens with one attached hydrogen (secondary N) is 1. The van der Waals surface area contributed by atoms with E-state index in [0.29, 0.717) is 23.7 Å². The van der Waals surface area contributed by atoms with E-state index in [1.54, 1.807) is 64.6 Å². The maximum atomic E-state index is 13.6. The first-order valence-corrected chi connectivity index (χ1v) is 17.6. The standard InChI is InChI=1S/C38H48N6O10/c1-37(2,3)53-35(50)44(36(51)54-38(4,5)6)22-26-19-27(14-13-25(26)21-39)40-32(47)30(46)31-34(49)43(17-18-52-31)28-12-10-11-24(20-28)33(48)41(7)23-29(45)42-15-8-9-16-42/h10-14,19-20,30-31,46H,8-9,15-18,22-23H2,1-7H3,(H,40,47). The number of aliphatic hydroxyl groups excluding tert-OH is 1. The molecule has 290 valence electrons. The quantitative estimate of drug-likeness (QED) is 0.380. The van der Waals surface area contributed by atoms with Gasteiger partial charge in [-0.2, -0.15) is 5.26 Å². The van der Waals surface area contributed by atoms with E-state index in [1.807, 2.05) is 6.07 Å². The number of anilines is 2. The van der Waals surface area contributed by atoms with Crippen molar-refractivity contribution in [3.8, 4) is 6.07 Å². The lowest BCUT2D eigenvalue weighted by Gasteiger charge is -2.34. The fraction of sp³-hybridized carbons (Fsp3) is 0.500. The zero-order valence-electron chi connectivity index (χ0n) is 31.7. The molecule has 2 fully saturated rings. The van der Waals surface area contributed by atoms with E-state index in [4.69, 9.17) is 14.2 Å². The van der Waals surface area contributed by atoms with Gasteiger partial charge in [0.1, 0.15) is 11.2 Å². The maximum absolute atomic E-state index is 13.6. The minimum atomic E-state index is -1.98. The van der Waals surface area contributed by atoms with Crippen LogP contribution in [0, 0.1) is 11.3 Å². The number of ether oxygens (including phenoxy) is 3. The Morgan fingerprint density at radius 1 is 0.981 bits per heavy atom. The highest BCUT2D eigenvalue weighted by Gasteiger charge is 2.40. The minimum Gasteiger partial charge on any atom is -0.443 e. The number of nitriles is 1. The summed E-state index contributed by atoms with van der Waals surface area (Å²) < 4.78 is 16.4. The first kappa shape index (κ1) is 41.2. The number of aliphatic hydroxyl groups is 1. The molecule has 4 rings (SSSR count). The molecule has 2 atom stereocenters. The molecule has 6 amide bonds. The third-order valence-electron chi connectivity index (χ3n) is 8.31. The van der Waals surface area contributed by atoms with Crippen molar-refractivity contribution in [1.82, 2.24) is 14.7 Å². The molecule has 0 aromatic heterocycles. The highest BCUT2D eigenvalue weighted by Crippen LogP contribution is 2.25. The van der Waals surface area contributed by atoms with Gasteiger partial charge in [-0.25, -0.2) is 14.5 Å². The van der Waals surface area contributed by atoms with Crippen LogP contribution in [0.15, 0.2) is 42.5 Å². The average Bonchev–Trinajstić information content (AvgIpc) is 3.64. The largest absolute Gasteiger partial charge is 0.443 e. The Balaban J connectivity index is 1.47. The molecule has 0 bridgehead atoms. The van der Waals surface area contributed by atoms with Crippen molar-refractivity contribution in [3.05, 3.63) is 59.2 Å². The number of rotatable bonds is 9. The lowest BCUT2D eigenvalue weighted by molar-refractivity contribution is -0.150. The summed E-state index contributed by atoms with van der Waals surface area (Å²) in [4.78, 5) is 83.9. The number of hydrogen-bond donors (Lipinski definition) is 2. The van der Waals surface area contributed by atoms with Crippen LogP contribution in [-0.2, 0) is 35.1 Å². The summed E-state index contributed by atoms with van der Waals surface area (Å²) in [6.45, 7) is 10.6. The van der Waals surface area contributed by atoms with Gasteiger partial charge in [0.25, 0.3) is 17.7 Å². The van der Waals surface area contributed by atoms with Crippen molar-refractivity contribution in [2.45, 2.75) is 84.3 Å². The van der Waals surface area contributed by atoms with Crippen molar-refractivity contribution < 1.29 is 48.1 Å². The zero-order valence-corrected chi connectivity index (χ0v) is 31.7. The Morgan fingerprint density at radius 3 is 2.20 bits per heavy atom. The van der Waals surface area contributed by atoms with E-state index >= 15 is 0 Å². The molecule has 0 aliphatic carbocycles. The molecule has 2 aromatic carbocycles. The summed E-state index contributed by atoms with van der Waals surface area (Å²) in [7, 11) is 1.53. The van der Waals surface area contributed by atoms with E-state index < -0.39 is 59.9 Å². The number of morpholine rings is 1. The number of likely N-dealkylation sites (N-methyl/N-ethyl adjacent to an activating group) is 1. The van der Waals surface area contributed by atoms with Crippen molar-refractivity contribution in [1.29, 1.82) is 5.26 Å². The van der Waals surface area contributed by atoms with E-state index in [-0.39, 0.29) is 48.0 Å². The predicted octanol–water partition coefficient (Wildman–Crippen LogP) is 3.66. The molecule has 2 aromatic rings. The predicted molar refractivity (Wildman–Crippen MR) is 195 cm³/mol. The Kier molecular flexibility index (Phi) is 13.0. The Hall–Kier alpha value is -5.53. The number of benzene rings is 2. The first-order valence-electron chi connectivity index (χ1n) is 17.6. The number of carbonyl (C=O) groups is 6. The Bertz CT molecular complexity index is 1780. The number of nitrogens with zero attached hydrogens (tertiary/aromatic N) is 5. The van der Waals surface area contributed by atoms with Gasteiger partial charge in [0.2, 0.25) is 5.91 Å². The van der Waals surface area contributed by atoms with Crippen molar-refractivity contribution in [3.63, 3.8) is 0 Å². The van der Waals surface area contributed by atoms with Gasteiger partial charge < -0.3 is 39.3 Å². The van der Waals surface area contributed by atoms with Gasteiger partial charge in [-0.3, -0.25) is 19.2 Å². The number of carbonyl (C=O) groups excluding carboxylic acids is 6. The van der Waals surface area contributed by atoms with Crippen molar-refractivity contribution in [2.24, 2.45) is 0 Å². The van der Waals surface area contributed by atoms with Gasteiger partial charge in [0.15, 0.2) is 12.2 Å². The number of amides is 6. The summed E-state index contributed by atoms with van der Waals surface area (Å²) in [5, 5.41) is 23.3. The molecule has 2 saturated heterocycles. The van der Waals surface area contributed by atoms with Crippen LogP contribution in [0.4, 0.5) is 21.0 Å². The Morgan fingerprint density at radius 2 is 1.61 bits per heavy atom. The summed E-state index contributed by atoms with van der Waals surface area (Å²) in [6.07, 6.45) is -3.76. The van der Waals surface area contributed by atoms with Crippen LogP contribution < -0.4 is 10.2 Å². The molecule has 0 spiro atoms. The summed E-state index contributed by atoms with van der Waals surface area (Å²) in [6, 6.07) is 12.3. The van der Waals surface area contributed by atoms with E-state index in [0.717, 1.165) is 12.8 Å². The second-order valence-electron chi connectivity index (χ2n) is 15.0. The van der Waals surface area contributed by atoms with Crippen LogP contribution in [0.5, 0.6) is 0 Å².